The second-order valence-corrected chi connectivity index (χ2v) is 11.9. The van der Waals surface area contributed by atoms with E-state index in [4.69, 9.17) is 23.2 Å². The summed E-state index contributed by atoms with van der Waals surface area (Å²) in [4.78, 5) is 18.7. The second kappa shape index (κ2) is 9.62. The number of alkyl halides is 3. The highest BCUT2D eigenvalue weighted by Gasteiger charge is 2.54. The molecule has 0 saturated carbocycles. The Morgan fingerprint density at radius 3 is 2.53 bits per heavy atom. The monoisotopic (exact) mass is 569 g/mol. The van der Waals surface area contributed by atoms with Crippen molar-refractivity contribution >= 4 is 38.9 Å². The van der Waals surface area contributed by atoms with E-state index in [-0.39, 0.29) is 52.4 Å². The third-order valence-corrected chi connectivity index (χ3v) is 9.19. The molecule has 2 unspecified atom stereocenters. The van der Waals surface area contributed by atoms with E-state index < -0.39 is 51.1 Å². The number of pyridine rings is 1. The minimum atomic E-state index is -4.56. The van der Waals surface area contributed by atoms with Crippen LogP contribution >= 0.6 is 23.2 Å². The fraction of sp³-hybridized carbons (Fsp3) is 0.455. The summed E-state index contributed by atoms with van der Waals surface area (Å²) in [6.07, 6.45) is -3.22. The lowest BCUT2D eigenvalue weighted by Gasteiger charge is -2.43. The number of amides is 1. The Labute approximate surface area is 214 Å². The summed E-state index contributed by atoms with van der Waals surface area (Å²) in [6.45, 7) is 0.231. The number of carbonyl (C=O) groups excluding carboxylic acids is 1. The van der Waals surface area contributed by atoms with Crippen molar-refractivity contribution in [2.24, 2.45) is 0 Å². The van der Waals surface area contributed by atoms with Crippen LogP contribution < -0.4 is 10.1 Å². The van der Waals surface area contributed by atoms with Crippen molar-refractivity contribution < 1.29 is 35.5 Å². The van der Waals surface area contributed by atoms with E-state index in [1.54, 1.807) is 6.92 Å². The average molecular weight is 570 g/mol. The first-order valence-corrected chi connectivity index (χ1v) is 13.1. The van der Waals surface area contributed by atoms with E-state index in [0.717, 1.165) is 24.3 Å². The standard InChI is InChI=1S/C22H21Cl2F4N3O4S/c1-12-4-15(36(33,34)18-3-2-14(6-16(18)24)35-11-22(26,27)28)8-31(12)20(32)21(9-29-10-21)19-17(25)5-13(23)7-30-19/h2-3,5-7,12,15,29H,4,8-11H2,1H3. The molecule has 2 aromatic rings. The van der Waals surface area contributed by atoms with E-state index in [2.05, 4.69) is 15.0 Å². The molecule has 2 fully saturated rings. The van der Waals surface area contributed by atoms with Gasteiger partial charge in [-0.3, -0.25) is 9.78 Å². The Morgan fingerprint density at radius 2 is 1.97 bits per heavy atom. The van der Waals surface area contributed by atoms with Crippen LogP contribution in [0.1, 0.15) is 19.0 Å². The van der Waals surface area contributed by atoms with Crippen LogP contribution in [0.3, 0.4) is 0 Å². The van der Waals surface area contributed by atoms with Crippen LogP contribution in [0.2, 0.25) is 10.0 Å². The number of nitrogens with one attached hydrogen (secondary N) is 1. The van der Waals surface area contributed by atoms with Crippen LogP contribution in [0, 0.1) is 5.82 Å². The lowest BCUT2D eigenvalue weighted by atomic mass is 9.76. The van der Waals surface area contributed by atoms with Crippen molar-refractivity contribution in [1.82, 2.24) is 15.2 Å². The van der Waals surface area contributed by atoms with Crippen LogP contribution in [-0.2, 0) is 20.0 Å². The second-order valence-electron chi connectivity index (χ2n) is 8.87. The maximum Gasteiger partial charge on any atom is 0.422 e. The van der Waals surface area contributed by atoms with Crippen molar-refractivity contribution in [1.29, 1.82) is 0 Å². The smallest absolute Gasteiger partial charge is 0.422 e. The molecule has 36 heavy (non-hydrogen) atoms. The van der Waals surface area contributed by atoms with Gasteiger partial charge in [0.15, 0.2) is 16.4 Å². The Hall–Kier alpha value is -2.15. The zero-order valence-corrected chi connectivity index (χ0v) is 21.1. The van der Waals surface area contributed by atoms with Crippen molar-refractivity contribution in [2.75, 3.05) is 26.2 Å². The fourth-order valence-electron chi connectivity index (χ4n) is 4.47. The van der Waals surface area contributed by atoms with Gasteiger partial charge in [-0.15, -0.1) is 0 Å². The lowest BCUT2D eigenvalue weighted by molar-refractivity contribution is -0.153. The van der Waals surface area contributed by atoms with Gasteiger partial charge in [0.2, 0.25) is 5.91 Å². The Kier molecular flexibility index (Phi) is 7.19. The lowest BCUT2D eigenvalue weighted by Crippen LogP contribution is -2.66. The molecule has 0 bridgehead atoms. The van der Waals surface area contributed by atoms with Crippen LogP contribution in [0.15, 0.2) is 35.4 Å². The van der Waals surface area contributed by atoms with Gasteiger partial charge in [0.05, 0.1) is 25.9 Å². The van der Waals surface area contributed by atoms with E-state index in [1.807, 2.05) is 0 Å². The third kappa shape index (κ3) is 5.00. The molecule has 7 nitrogen and oxygen atoms in total. The molecule has 2 aliphatic rings. The molecule has 3 heterocycles. The van der Waals surface area contributed by atoms with Crippen LogP contribution in [-0.4, -0.2) is 67.9 Å². The topological polar surface area (TPSA) is 88.6 Å². The molecule has 2 aliphatic heterocycles. The van der Waals surface area contributed by atoms with Crippen LogP contribution in [0.5, 0.6) is 5.75 Å². The number of sulfone groups is 1. The van der Waals surface area contributed by atoms with Gasteiger partial charge < -0.3 is 15.0 Å². The first kappa shape index (κ1) is 26.9. The van der Waals surface area contributed by atoms with Gasteiger partial charge in [0, 0.05) is 37.9 Å². The summed E-state index contributed by atoms with van der Waals surface area (Å²) in [6, 6.07) is 3.77. The molecular formula is C22H21Cl2F4N3O4S. The number of carbonyl (C=O) groups is 1. The zero-order valence-electron chi connectivity index (χ0n) is 18.8. The van der Waals surface area contributed by atoms with Crippen molar-refractivity contribution in [3.05, 3.63) is 52.0 Å². The summed E-state index contributed by atoms with van der Waals surface area (Å²) < 4.78 is 83.2. The molecule has 2 atom stereocenters. The Balaban J connectivity index is 1.55. The number of likely N-dealkylation sites (tertiary alicyclic amines) is 1. The molecule has 1 aromatic carbocycles. The number of halogens is 6. The average Bonchev–Trinajstić information content (AvgIpc) is 3.14. The molecule has 1 aromatic heterocycles. The van der Waals surface area contributed by atoms with E-state index >= 15 is 0 Å². The molecular weight excluding hydrogens is 549 g/mol. The largest absolute Gasteiger partial charge is 0.484 e. The normalized spacial score (nSPS) is 21.8. The van der Waals surface area contributed by atoms with Gasteiger partial charge in [-0.05, 0) is 31.5 Å². The summed E-state index contributed by atoms with van der Waals surface area (Å²) in [5.41, 5.74) is -1.36. The molecule has 0 aliphatic carbocycles. The number of rotatable bonds is 6. The van der Waals surface area contributed by atoms with Gasteiger partial charge in [-0.25, -0.2) is 12.8 Å². The van der Waals surface area contributed by atoms with Crippen LogP contribution in [0.4, 0.5) is 17.6 Å². The maximum atomic E-state index is 14.7. The van der Waals surface area contributed by atoms with E-state index in [9.17, 15) is 30.8 Å². The highest BCUT2D eigenvalue weighted by Crippen LogP contribution is 2.38. The number of aromatic nitrogens is 1. The highest BCUT2D eigenvalue weighted by atomic mass is 35.5. The van der Waals surface area contributed by atoms with Crippen molar-refractivity contribution in [3.63, 3.8) is 0 Å². The molecule has 2 saturated heterocycles. The molecule has 196 valence electrons. The summed E-state index contributed by atoms with van der Waals surface area (Å²) >= 11 is 11.9. The molecule has 0 spiro atoms. The number of benzene rings is 1. The first-order valence-electron chi connectivity index (χ1n) is 10.8. The van der Waals surface area contributed by atoms with Gasteiger partial charge >= 0.3 is 6.18 Å². The molecule has 4 rings (SSSR count). The number of hydrogen-bond donors (Lipinski definition) is 1. The fourth-order valence-corrected chi connectivity index (χ4v) is 6.95. The molecule has 14 heteroatoms. The van der Waals surface area contributed by atoms with Crippen molar-refractivity contribution in [3.8, 4) is 5.75 Å². The zero-order chi connectivity index (χ0) is 26.5. The Bertz CT molecular complexity index is 1290. The van der Waals surface area contributed by atoms with Gasteiger partial charge in [-0.1, -0.05) is 23.2 Å². The molecule has 0 radical (unpaired) electrons. The predicted octanol–water partition coefficient (Wildman–Crippen LogP) is 3.77. The van der Waals surface area contributed by atoms with Gasteiger partial charge in [0.1, 0.15) is 17.0 Å². The summed E-state index contributed by atoms with van der Waals surface area (Å²) in [5, 5.41) is 1.72. The predicted molar refractivity (Wildman–Crippen MR) is 124 cm³/mol. The molecule has 1 amide bonds. The summed E-state index contributed by atoms with van der Waals surface area (Å²) in [7, 11) is -4.07. The molecule has 1 N–H and O–H groups in total. The summed E-state index contributed by atoms with van der Waals surface area (Å²) in [5.74, 6) is -1.42. The quantitative estimate of drug-likeness (QED) is 0.533. The van der Waals surface area contributed by atoms with E-state index in [0.29, 0.717) is 0 Å². The minimum absolute atomic E-state index is 0.0633. The van der Waals surface area contributed by atoms with Gasteiger partial charge in [0.25, 0.3) is 0 Å². The first-order chi connectivity index (χ1) is 16.7. The highest BCUT2D eigenvalue weighted by molar-refractivity contribution is 7.92. The van der Waals surface area contributed by atoms with Crippen molar-refractivity contribution in [2.45, 2.75) is 41.1 Å². The number of nitrogens with zero attached hydrogens (tertiary/aromatic N) is 2. The Morgan fingerprint density at radius 1 is 1.28 bits per heavy atom. The van der Waals surface area contributed by atoms with Gasteiger partial charge in [-0.2, -0.15) is 13.2 Å². The van der Waals surface area contributed by atoms with Crippen LogP contribution in [0.25, 0.3) is 0 Å². The minimum Gasteiger partial charge on any atom is -0.484 e. The third-order valence-electron chi connectivity index (χ3n) is 6.37. The van der Waals surface area contributed by atoms with E-state index in [1.165, 1.54) is 11.1 Å². The number of hydrogen-bond acceptors (Lipinski definition) is 6. The SMILES string of the molecule is CC1CC(S(=O)(=O)c2ccc(OCC(F)(F)F)cc2Cl)CN1C(=O)C1(c2ncc(Cl)cc2F)CNC1. The maximum absolute atomic E-state index is 14.7. The number of ether oxygens (including phenoxy) is 1.